The van der Waals surface area contributed by atoms with E-state index in [1.807, 2.05) is 0 Å². The first-order valence-electron chi connectivity index (χ1n) is 4.58. The number of aliphatic hydroxyl groups excluding tert-OH is 1. The third-order valence-corrected chi connectivity index (χ3v) is 2.80. The first-order chi connectivity index (χ1) is 7.70. The van der Waals surface area contributed by atoms with Gasteiger partial charge in [0, 0.05) is 23.5 Å². The van der Waals surface area contributed by atoms with Gasteiger partial charge in [-0.1, -0.05) is 23.2 Å². The molecule has 2 rings (SSSR count). The van der Waals surface area contributed by atoms with E-state index in [0.717, 1.165) is 5.56 Å². The highest BCUT2D eigenvalue weighted by molar-refractivity contribution is 6.42. The molecule has 82 valence electrons. The molecule has 1 heterocycles. The average Bonchev–Trinajstić information content (AvgIpc) is 2.33. The van der Waals surface area contributed by atoms with Gasteiger partial charge in [-0.15, -0.1) is 0 Å². The molecule has 1 aromatic carbocycles. The van der Waals surface area contributed by atoms with Crippen LogP contribution in [0.4, 0.5) is 0 Å². The molecule has 3 nitrogen and oxygen atoms in total. The van der Waals surface area contributed by atoms with Crippen LogP contribution in [0, 0.1) is 0 Å². The molecule has 0 atom stereocenters. The summed E-state index contributed by atoms with van der Waals surface area (Å²) in [6.45, 7) is -0.0678. The lowest BCUT2D eigenvalue weighted by Crippen LogP contribution is -1.92. The molecule has 0 bridgehead atoms. The van der Waals surface area contributed by atoms with Gasteiger partial charge in [-0.05, 0) is 18.2 Å². The van der Waals surface area contributed by atoms with Crippen molar-refractivity contribution in [1.29, 1.82) is 0 Å². The first-order valence-corrected chi connectivity index (χ1v) is 5.33. The maximum Gasteiger partial charge on any atom is 0.159 e. The molecule has 2 aromatic rings. The Morgan fingerprint density at radius 2 is 1.75 bits per heavy atom. The molecule has 1 N–H and O–H groups in total. The van der Waals surface area contributed by atoms with Crippen LogP contribution in [0.15, 0.2) is 30.6 Å². The van der Waals surface area contributed by atoms with Crippen LogP contribution in [0.5, 0.6) is 0 Å². The fourth-order valence-electron chi connectivity index (χ4n) is 1.22. The molecule has 0 fully saturated rings. The van der Waals surface area contributed by atoms with Crippen molar-refractivity contribution in [2.45, 2.75) is 6.61 Å². The predicted octanol–water partition coefficient (Wildman–Crippen LogP) is 2.94. The second kappa shape index (κ2) is 4.78. The zero-order chi connectivity index (χ0) is 11.5. The van der Waals surface area contributed by atoms with Crippen LogP contribution in [0.1, 0.15) is 5.56 Å². The van der Waals surface area contributed by atoms with Gasteiger partial charge in [-0.2, -0.15) is 0 Å². The van der Waals surface area contributed by atoms with Gasteiger partial charge >= 0.3 is 0 Å². The van der Waals surface area contributed by atoms with Gasteiger partial charge in [0.15, 0.2) is 5.82 Å². The quantitative estimate of drug-likeness (QED) is 0.897. The predicted molar refractivity (Wildman–Crippen MR) is 63.4 cm³/mol. The van der Waals surface area contributed by atoms with Crippen LogP contribution in [0.3, 0.4) is 0 Å². The zero-order valence-corrected chi connectivity index (χ0v) is 9.70. The molecule has 0 amide bonds. The van der Waals surface area contributed by atoms with E-state index in [0.29, 0.717) is 21.4 Å². The van der Waals surface area contributed by atoms with Crippen molar-refractivity contribution in [3.63, 3.8) is 0 Å². The summed E-state index contributed by atoms with van der Waals surface area (Å²) in [6, 6.07) is 5.20. The fourth-order valence-corrected chi connectivity index (χ4v) is 1.52. The van der Waals surface area contributed by atoms with E-state index in [9.17, 15) is 0 Å². The van der Waals surface area contributed by atoms with Gasteiger partial charge in [0.1, 0.15) is 0 Å². The molecular formula is C11H8Cl2N2O. The molecule has 0 spiro atoms. The van der Waals surface area contributed by atoms with Crippen LogP contribution in [-0.4, -0.2) is 15.1 Å². The van der Waals surface area contributed by atoms with Crippen LogP contribution in [0.2, 0.25) is 10.0 Å². The minimum absolute atomic E-state index is 0.0678. The molecule has 0 aliphatic carbocycles. The van der Waals surface area contributed by atoms with E-state index >= 15 is 0 Å². The number of hydrogen-bond acceptors (Lipinski definition) is 3. The SMILES string of the molecule is OCc1cnc(-c2ccc(Cl)c(Cl)c2)nc1. The van der Waals surface area contributed by atoms with Crippen LogP contribution >= 0.6 is 23.2 Å². The van der Waals surface area contributed by atoms with Crippen molar-refractivity contribution < 1.29 is 5.11 Å². The Labute approximate surface area is 103 Å². The van der Waals surface area contributed by atoms with Crippen molar-refractivity contribution in [3.8, 4) is 11.4 Å². The number of rotatable bonds is 2. The highest BCUT2D eigenvalue weighted by atomic mass is 35.5. The van der Waals surface area contributed by atoms with Crippen LogP contribution < -0.4 is 0 Å². The minimum atomic E-state index is -0.0678. The Kier molecular flexibility index (Phi) is 3.39. The number of nitrogens with zero attached hydrogens (tertiary/aromatic N) is 2. The molecule has 0 aliphatic heterocycles. The van der Waals surface area contributed by atoms with Gasteiger partial charge in [0.05, 0.1) is 16.7 Å². The minimum Gasteiger partial charge on any atom is -0.392 e. The Morgan fingerprint density at radius 3 is 2.31 bits per heavy atom. The number of hydrogen-bond donors (Lipinski definition) is 1. The third kappa shape index (κ3) is 2.32. The van der Waals surface area contributed by atoms with Gasteiger partial charge in [-0.3, -0.25) is 0 Å². The van der Waals surface area contributed by atoms with Crippen molar-refractivity contribution in [1.82, 2.24) is 9.97 Å². The number of halogens is 2. The summed E-state index contributed by atoms with van der Waals surface area (Å²) in [7, 11) is 0. The van der Waals surface area contributed by atoms with Crippen molar-refractivity contribution in [2.24, 2.45) is 0 Å². The number of benzene rings is 1. The van der Waals surface area contributed by atoms with Gasteiger partial charge < -0.3 is 5.11 Å². The molecule has 0 radical (unpaired) electrons. The summed E-state index contributed by atoms with van der Waals surface area (Å²) in [6.07, 6.45) is 3.15. The van der Waals surface area contributed by atoms with E-state index in [-0.39, 0.29) is 6.61 Å². The fraction of sp³-hybridized carbons (Fsp3) is 0.0909. The number of aromatic nitrogens is 2. The lowest BCUT2D eigenvalue weighted by Gasteiger charge is -2.02. The molecule has 0 saturated carbocycles. The van der Waals surface area contributed by atoms with E-state index in [1.165, 1.54) is 0 Å². The van der Waals surface area contributed by atoms with Crippen molar-refractivity contribution in [3.05, 3.63) is 46.2 Å². The molecule has 0 unspecified atom stereocenters. The Bertz CT molecular complexity index is 500. The smallest absolute Gasteiger partial charge is 0.159 e. The second-order valence-electron chi connectivity index (χ2n) is 3.20. The zero-order valence-electron chi connectivity index (χ0n) is 8.19. The Hall–Kier alpha value is -1.16. The third-order valence-electron chi connectivity index (χ3n) is 2.07. The van der Waals surface area contributed by atoms with E-state index in [2.05, 4.69) is 9.97 Å². The van der Waals surface area contributed by atoms with Crippen LogP contribution in [0.25, 0.3) is 11.4 Å². The topological polar surface area (TPSA) is 46.0 Å². The molecule has 1 aromatic heterocycles. The maximum absolute atomic E-state index is 8.86. The van der Waals surface area contributed by atoms with Crippen molar-refractivity contribution in [2.75, 3.05) is 0 Å². The summed E-state index contributed by atoms with van der Waals surface area (Å²) < 4.78 is 0. The van der Waals surface area contributed by atoms with Gasteiger partial charge in [0.25, 0.3) is 0 Å². The highest BCUT2D eigenvalue weighted by Crippen LogP contribution is 2.26. The summed E-state index contributed by atoms with van der Waals surface area (Å²) in [5.41, 5.74) is 1.46. The molecule has 0 aliphatic rings. The van der Waals surface area contributed by atoms with Crippen molar-refractivity contribution >= 4 is 23.2 Å². The highest BCUT2D eigenvalue weighted by Gasteiger charge is 2.04. The lowest BCUT2D eigenvalue weighted by atomic mass is 10.2. The van der Waals surface area contributed by atoms with E-state index in [1.54, 1.807) is 30.6 Å². The van der Waals surface area contributed by atoms with Gasteiger partial charge in [-0.25, -0.2) is 9.97 Å². The summed E-state index contributed by atoms with van der Waals surface area (Å²) in [5, 5.41) is 9.83. The normalized spacial score (nSPS) is 10.4. The standard InChI is InChI=1S/C11H8Cl2N2O/c12-9-2-1-8(3-10(9)13)11-14-4-7(6-16)5-15-11/h1-5,16H,6H2. The average molecular weight is 255 g/mol. The molecule has 0 saturated heterocycles. The summed E-state index contributed by atoms with van der Waals surface area (Å²) in [5.74, 6) is 0.552. The summed E-state index contributed by atoms with van der Waals surface area (Å²) in [4.78, 5) is 8.24. The molecule has 16 heavy (non-hydrogen) atoms. The second-order valence-corrected chi connectivity index (χ2v) is 4.02. The number of aliphatic hydroxyl groups is 1. The Morgan fingerprint density at radius 1 is 1.06 bits per heavy atom. The van der Waals surface area contributed by atoms with Gasteiger partial charge in [0.2, 0.25) is 0 Å². The lowest BCUT2D eigenvalue weighted by molar-refractivity contribution is 0.281. The van der Waals surface area contributed by atoms with Crippen LogP contribution in [-0.2, 0) is 6.61 Å². The van der Waals surface area contributed by atoms with E-state index < -0.39 is 0 Å². The first kappa shape index (κ1) is 11.3. The Balaban J connectivity index is 2.38. The molecule has 5 heteroatoms. The maximum atomic E-state index is 8.86. The molecular weight excluding hydrogens is 247 g/mol. The monoisotopic (exact) mass is 254 g/mol. The van der Waals surface area contributed by atoms with E-state index in [4.69, 9.17) is 28.3 Å². The summed E-state index contributed by atoms with van der Waals surface area (Å²) >= 11 is 11.7. The largest absolute Gasteiger partial charge is 0.392 e.